The highest BCUT2D eigenvalue weighted by molar-refractivity contribution is 5.84. The van der Waals surface area contributed by atoms with Crippen molar-refractivity contribution in [3.63, 3.8) is 0 Å². The first kappa shape index (κ1) is 14.9. The van der Waals surface area contributed by atoms with Crippen molar-refractivity contribution in [2.75, 3.05) is 26.2 Å². The van der Waals surface area contributed by atoms with E-state index in [4.69, 9.17) is 5.73 Å². The van der Waals surface area contributed by atoms with Gasteiger partial charge in [0.1, 0.15) is 0 Å². The second-order valence-corrected chi connectivity index (χ2v) is 3.81. The van der Waals surface area contributed by atoms with Gasteiger partial charge >= 0.3 is 0 Å². The molecule has 16 heavy (non-hydrogen) atoms. The van der Waals surface area contributed by atoms with E-state index in [0.717, 1.165) is 25.8 Å². The van der Waals surface area contributed by atoms with Gasteiger partial charge in [-0.3, -0.25) is 9.59 Å². The molecule has 3 N–H and O–H groups in total. The number of hydrogen-bond acceptors (Lipinski definition) is 3. The highest BCUT2D eigenvalue weighted by Crippen LogP contribution is 1.95. The van der Waals surface area contributed by atoms with Gasteiger partial charge in [0, 0.05) is 6.54 Å². The van der Waals surface area contributed by atoms with Crippen LogP contribution in [0.4, 0.5) is 0 Å². The standard InChI is InChI=1S/C11H23N3O2/c1-3-5-7-14(9-10(12)15)11(16)8-13-6-4-2/h13H,3-9H2,1-2H3,(H2,12,15). The fourth-order valence-electron chi connectivity index (χ4n) is 1.31. The molecule has 0 aromatic rings. The normalized spacial score (nSPS) is 10.1. The molecule has 0 saturated carbocycles. The summed E-state index contributed by atoms with van der Waals surface area (Å²) in [5.41, 5.74) is 5.10. The summed E-state index contributed by atoms with van der Waals surface area (Å²) < 4.78 is 0. The molecular weight excluding hydrogens is 206 g/mol. The van der Waals surface area contributed by atoms with Crippen molar-refractivity contribution in [2.45, 2.75) is 33.1 Å². The minimum absolute atomic E-state index is 0.0205. The highest BCUT2D eigenvalue weighted by Gasteiger charge is 2.14. The summed E-state index contributed by atoms with van der Waals surface area (Å²) in [6.07, 6.45) is 2.87. The first-order chi connectivity index (χ1) is 7.61. The highest BCUT2D eigenvalue weighted by atomic mass is 16.2. The van der Waals surface area contributed by atoms with Gasteiger partial charge in [-0.25, -0.2) is 0 Å². The maximum absolute atomic E-state index is 11.7. The maximum Gasteiger partial charge on any atom is 0.237 e. The molecule has 5 heteroatoms. The number of carbonyl (C=O) groups excluding carboxylic acids is 2. The topological polar surface area (TPSA) is 75.4 Å². The zero-order chi connectivity index (χ0) is 12.4. The van der Waals surface area contributed by atoms with Crippen molar-refractivity contribution in [1.82, 2.24) is 10.2 Å². The summed E-state index contributed by atoms with van der Waals surface area (Å²) in [6.45, 7) is 5.80. The van der Waals surface area contributed by atoms with Gasteiger partial charge < -0.3 is 16.0 Å². The summed E-state index contributed by atoms with van der Waals surface area (Å²) >= 11 is 0. The first-order valence-electron chi connectivity index (χ1n) is 5.88. The van der Waals surface area contributed by atoms with Crippen LogP contribution in [0.3, 0.4) is 0 Å². The van der Waals surface area contributed by atoms with E-state index in [-0.39, 0.29) is 19.0 Å². The lowest BCUT2D eigenvalue weighted by Gasteiger charge is -2.21. The molecule has 0 spiro atoms. The van der Waals surface area contributed by atoms with Gasteiger partial charge in [-0.2, -0.15) is 0 Å². The minimum atomic E-state index is -0.458. The van der Waals surface area contributed by atoms with Crippen LogP contribution in [0.15, 0.2) is 0 Å². The monoisotopic (exact) mass is 229 g/mol. The van der Waals surface area contributed by atoms with Crippen LogP contribution in [-0.4, -0.2) is 42.9 Å². The molecule has 0 saturated heterocycles. The molecule has 0 aromatic carbocycles. The van der Waals surface area contributed by atoms with Crippen molar-refractivity contribution in [3.05, 3.63) is 0 Å². The van der Waals surface area contributed by atoms with Crippen LogP contribution in [-0.2, 0) is 9.59 Å². The number of amides is 2. The van der Waals surface area contributed by atoms with Crippen molar-refractivity contribution >= 4 is 11.8 Å². The number of rotatable bonds is 9. The van der Waals surface area contributed by atoms with Crippen LogP contribution in [0.2, 0.25) is 0 Å². The molecule has 0 aliphatic carbocycles. The zero-order valence-electron chi connectivity index (χ0n) is 10.3. The Hall–Kier alpha value is -1.10. The van der Waals surface area contributed by atoms with Crippen molar-refractivity contribution < 1.29 is 9.59 Å². The number of primary amides is 1. The molecule has 0 rings (SSSR count). The Morgan fingerprint density at radius 2 is 1.94 bits per heavy atom. The maximum atomic E-state index is 11.7. The van der Waals surface area contributed by atoms with Crippen molar-refractivity contribution in [1.29, 1.82) is 0 Å². The van der Waals surface area contributed by atoms with E-state index in [2.05, 4.69) is 5.32 Å². The van der Waals surface area contributed by atoms with Gasteiger partial charge in [-0.15, -0.1) is 0 Å². The average Bonchev–Trinajstić information content (AvgIpc) is 2.23. The Morgan fingerprint density at radius 3 is 2.44 bits per heavy atom. The summed E-state index contributed by atoms with van der Waals surface area (Å²) in [5.74, 6) is -0.513. The van der Waals surface area contributed by atoms with Crippen LogP contribution >= 0.6 is 0 Å². The predicted octanol–water partition coefficient (Wildman–Crippen LogP) is 0.100. The number of carbonyl (C=O) groups is 2. The van der Waals surface area contributed by atoms with E-state index in [1.54, 1.807) is 0 Å². The molecule has 94 valence electrons. The van der Waals surface area contributed by atoms with Gasteiger partial charge in [0.05, 0.1) is 13.1 Å². The molecule has 5 nitrogen and oxygen atoms in total. The van der Waals surface area contributed by atoms with Crippen LogP contribution < -0.4 is 11.1 Å². The molecular formula is C11H23N3O2. The third-order valence-corrected chi connectivity index (χ3v) is 2.18. The lowest BCUT2D eigenvalue weighted by molar-refractivity contribution is -0.134. The fraction of sp³-hybridized carbons (Fsp3) is 0.818. The molecule has 0 unspecified atom stereocenters. The quantitative estimate of drug-likeness (QED) is 0.551. The van der Waals surface area contributed by atoms with Gasteiger partial charge in [0.25, 0.3) is 0 Å². The van der Waals surface area contributed by atoms with E-state index in [0.29, 0.717) is 6.54 Å². The van der Waals surface area contributed by atoms with Crippen LogP contribution in [0, 0.1) is 0 Å². The molecule has 0 aliphatic heterocycles. The predicted molar refractivity (Wildman–Crippen MR) is 63.8 cm³/mol. The fourth-order valence-corrected chi connectivity index (χ4v) is 1.31. The Balaban J connectivity index is 4.04. The molecule has 2 amide bonds. The molecule has 0 aliphatic rings. The van der Waals surface area contributed by atoms with Gasteiger partial charge in [0.2, 0.25) is 11.8 Å². The largest absolute Gasteiger partial charge is 0.368 e. The Morgan fingerprint density at radius 1 is 1.25 bits per heavy atom. The third-order valence-electron chi connectivity index (χ3n) is 2.18. The van der Waals surface area contributed by atoms with E-state index < -0.39 is 5.91 Å². The Kier molecular flexibility index (Phi) is 8.52. The first-order valence-corrected chi connectivity index (χ1v) is 5.88. The molecule has 0 aromatic heterocycles. The zero-order valence-corrected chi connectivity index (χ0v) is 10.3. The molecule has 0 atom stereocenters. The number of hydrogen-bond donors (Lipinski definition) is 2. The molecule has 0 fully saturated rings. The smallest absolute Gasteiger partial charge is 0.237 e. The second-order valence-electron chi connectivity index (χ2n) is 3.81. The second kappa shape index (κ2) is 9.15. The van der Waals surface area contributed by atoms with Crippen molar-refractivity contribution in [3.8, 4) is 0 Å². The Bertz CT molecular complexity index is 219. The van der Waals surface area contributed by atoms with E-state index in [1.165, 1.54) is 4.90 Å². The van der Waals surface area contributed by atoms with Crippen LogP contribution in [0.5, 0.6) is 0 Å². The van der Waals surface area contributed by atoms with E-state index in [9.17, 15) is 9.59 Å². The number of nitrogens with one attached hydrogen (secondary N) is 1. The number of nitrogens with two attached hydrogens (primary N) is 1. The molecule has 0 heterocycles. The molecule has 0 radical (unpaired) electrons. The van der Waals surface area contributed by atoms with Crippen LogP contribution in [0.25, 0.3) is 0 Å². The summed E-state index contributed by atoms with van der Waals surface area (Å²) in [7, 11) is 0. The summed E-state index contributed by atoms with van der Waals surface area (Å²) in [5, 5.41) is 3.02. The number of unbranched alkanes of at least 4 members (excludes halogenated alkanes) is 1. The number of nitrogens with zero attached hydrogens (tertiary/aromatic N) is 1. The Labute approximate surface area is 97.4 Å². The SMILES string of the molecule is CCCCN(CC(N)=O)C(=O)CNCCC. The third kappa shape index (κ3) is 7.23. The molecule has 0 bridgehead atoms. The average molecular weight is 229 g/mol. The lowest BCUT2D eigenvalue weighted by atomic mass is 10.3. The summed E-state index contributed by atoms with van der Waals surface area (Å²) in [6, 6.07) is 0. The van der Waals surface area contributed by atoms with Gasteiger partial charge in [0.15, 0.2) is 0 Å². The van der Waals surface area contributed by atoms with E-state index in [1.807, 2.05) is 13.8 Å². The van der Waals surface area contributed by atoms with Crippen molar-refractivity contribution in [2.24, 2.45) is 5.73 Å². The summed E-state index contributed by atoms with van der Waals surface area (Å²) in [4.78, 5) is 24.1. The van der Waals surface area contributed by atoms with Crippen LogP contribution in [0.1, 0.15) is 33.1 Å². The minimum Gasteiger partial charge on any atom is -0.368 e. The van der Waals surface area contributed by atoms with E-state index >= 15 is 0 Å². The van der Waals surface area contributed by atoms with Gasteiger partial charge in [-0.05, 0) is 19.4 Å². The lowest BCUT2D eigenvalue weighted by Crippen LogP contribution is -2.43. The van der Waals surface area contributed by atoms with Gasteiger partial charge in [-0.1, -0.05) is 20.3 Å².